The van der Waals surface area contributed by atoms with Gasteiger partial charge in [-0.2, -0.15) is 13.2 Å². The quantitative estimate of drug-likeness (QED) is 0.269. The molecule has 0 unspecified atom stereocenters. The van der Waals surface area contributed by atoms with Crippen LogP contribution < -0.4 is 5.69 Å². The van der Waals surface area contributed by atoms with Gasteiger partial charge < -0.3 is 5.11 Å². The number of carboxylic acids is 1. The molecule has 0 saturated carbocycles. The molecule has 1 N–H and O–H groups in total. The second-order valence-electron chi connectivity index (χ2n) is 8.91. The van der Waals surface area contributed by atoms with E-state index in [1.165, 1.54) is 34.9 Å². The number of ketones is 1. The van der Waals surface area contributed by atoms with Gasteiger partial charge in [-0.15, -0.1) is 5.10 Å². The van der Waals surface area contributed by atoms with Gasteiger partial charge in [0.15, 0.2) is 11.6 Å². The van der Waals surface area contributed by atoms with Gasteiger partial charge in [-0.3, -0.25) is 9.36 Å². The van der Waals surface area contributed by atoms with Crippen LogP contribution in [0.15, 0.2) is 77.6 Å². The van der Waals surface area contributed by atoms with Gasteiger partial charge in [-0.25, -0.2) is 14.3 Å². The summed E-state index contributed by atoms with van der Waals surface area (Å²) in [7, 11) is 0. The van der Waals surface area contributed by atoms with Crippen molar-refractivity contribution in [3.63, 3.8) is 0 Å². The Balaban J connectivity index is 1.55. The normalized spacial score (nSPS) is 11.5. The molecule has 3 aromatic carbocycles. The molecular formula is C28H23ClF3N3O4. The Bertz CT molecular complexity index is 1560. The molecule has 0 aliphatic carbocycles. The molecule has 4 aromatic rings. The van der Waals surface area contributed by atoms with Crippen LogP contribution in [0, 0.1) is 0 Å². The lowest BCUT2D eigenvalue weighted by Crippen LogP contribution is -2.28. The van der Waals surface area contributed by atoms with Crippen LogP contribution in [0.3, 0.4) is 0 Å². The zero-order chi connectivity index (χ0) is 28.2. The first-order valence-corrected chi connectivity index (χ1v) is 12.3. The SMILES string of the molecule is O=C(CCCc1ccccc1C(F)(F)F)Cn1nc(-c2ccc(Cl)cc2)n(Cc2cccc(C(=O)O)c2)c1=O. The minimum Gasteiger partial charge on any atom is -0.478 e. The Morgan fingerprint density at radius 1 is 0.974 bits per heavy atom. The number of alkyl halides is 3. The van der Waals surface area contributed by atoms with Crippen molar-refractivity contribution in [2.24, 2.45) is 0 Å². The van der Waals surface area contributed by atoms with E-state index in [0.29, 0.717) is 16.1 Å². The Morgan fingerprint density at radius 2 is 1.69 bits per heavy atom. The molecular weight excluding hydrogens is 535 g/mol. The van der Waals surface area contributed by atoms with Crippen molar-refractivity contribution in [2.75, 3.05) is 0 Å². The molecule has 0 radical (unpaired) electrons. The highest BCUT2D eigenvalue weighted by Crippen LogP contribution is 2.32. The van der Waals surface area contributed by atoms with Crippen LogP contribution in [0.25, 0.3) is 11.4 Å². The number of aromatic nitrogens is 3. The molecule has 0 fully saturated rings. The van der Waals surface area contributed by atoms with Gasteiger partial charge in [-0.05, 0) is 66.4 Å². The van der Waals surface area contributed by atoms with Crippen LogP contribution >= 0.6 is 11.6 Å². The number of hydrogen-bond donors (Lipinski definition) is 1. The maximum absolute atomic E-state index is 13.3. The number of aryl methyl sites for hydroxylation is 1. The minimum absolute atomic E-state index is 0.000327. The number of nitrogens with zero attached hydrogens (tertiary/aromatic N) is 3. The summed E-state index contributed by atoms with van der Waals surface area (Å²) in [6, 6.07) is 17.9. The molecule has 1 aromatic heterocycles. The van der Waals surface area contributed by atoms with Crippen molar-refractivity contribution in [3.8, 4) is 11.4 Å². The van der Waals surface area contributed by atoms with Crippen LogP contribution in [0.2, 0.25) is 5.02 Å². The average molecular weight is 558 g/mol. The standard InChI is InChI=1S/C28H23ClF3N3O4/c29-22-13-11-20(12-14-22)25-33-35(27(39)34(25)16-18-5-3-8-21(15-18)26(37)38)17-23(36)9-4-7-19-6-1-2-10-24(19)28(30,31)32/h1-3,5-6,8,10-15H,4,7,9,16-17H2,(H,37,38). The zero-order valence-electron chi connectivity index (χ0n) is 20.5. The van der Waals surface area contributed by atoms with E-state index in [2.05, 4.69) is 5.10 Å². The van der Waals surface area contributed by atoms with Gasteiger partial charge in [0.1, 0.15) is 6.54 Å². The average Bonchev–Trinajstić information content (AvgIpc) is 3.19. The molecule has 0 amide bonds. The maximum atomic E-state index is 13.3. The predicted octanol–water partition coefficient (Wildman–Crippen LogP) is 5.72. The van der Waals surface area contributed by atoms with E-state index >= 15 is 0 Å². The van der Waals surface area contributed by atoms with Crippen molar-refractivity contribution in [1.29, 1.82) is 0 Å². The number of aromatic carboxylic acids is 1. The molecule has 1 heterocycles. The molecule has 0 aliphatic heterocycles. The Kier molecular flexibility index (Phi) is 8.35. The van der Waals surface area contributed by atoms with Crippen molar-refractivity contribution in [3.05, 3.63) is 111 Å². The summed E-state index contributed by atoms with van der Waals surface area (Å²) in [5.74, 6) is -1.22. The lowest BCUT2D eigenvalue weighted by atomic mass is 10.0. The van der Waals surface area contributed by atoms with Crippen molar-refractivity contribution in [2.45, 2.75) is 38.5 Å². The fourth-order valence-corrected chi connectivity index (χ4v) is 4.35. The smallest absolute Gasteiger partial charge is 0.416 e. The Morgan fingerprint density at radius 3 is 2.38 bits per heavy atom. The second-order valence-corrected chi connectivity index (χ2v) is 9.35. The van der Waals surface area contributed by atoms with Crippen LogP contribution in [0.5, 0.6) is 0 Å². The molecule has 0 atom stereocenters. The molecule has 4 rings (SSSR count). The summed E-state index contributed by atoms with van der Waals surface area (Å²) in [5, 5.41) is 14.1. The molecule has 39 heavy (non-hydrogen) atoms. The van der Waals surface area contributed by atoms with Gasteiger partial charge in [-0.1, -0.05) is 41.9 Å². The molecule has 0 spiro atoms. The first kappa shape index (κ1) is 27.8. The molecule has 0 aliphatic rings. The van der Waals surface area contributed by atoms with Crippen LogP contribution in [0.1, 0.15) is 39.9 Å². The van der Waals surface area contributed by atoms with Gasteiger partial charge in [0.25, 0.3) is 0 Å². The molecule has 11 heteroatoms. The number of hydrogen-bond acceptors (Lipinski definition) is 4. The van der Waals surface area contributed by atoms with E-state index in [1.807, 2.05) is 0 Å². The number of carbonyl (C=O) groups is 2. The number of carboxylic acid groups (broad SMARTS) is 1. The number of Topliss-reactive ketones (excluding diaryl/α,β-unsaturated/α-hetero) is 1. The summed E-state index contributed by atoms with van der Waals surface area (Å²) in [5.41, 5.74) is -0.0539. The Hall–Kier alpha value is -4.18. The van der Waals surface area contributed by atoms with Crippen molar-refractivity contribution in [1.82, 2.24) is 14.3 Å². The van der Waals surface area contributed by atoms with Gasteiger partial charge in [0.05, 0.1) is 17.7 Å². The highest BCUT2D eigenvalue weighted by atomic mass is 35.5. The van der Waals surface area contributed by atoms with Gasteiger partial charge in [0, 0.05) is 17.0 Å². The van der Waals surface area contributed by atoms with Gasteiger partial charge >= 0.3 is 17.8 Å². The molecule has 0 bridgehead atoms. The summed E-state index contributed by atoms with van der Waals surface area (Å²) < 4.78 is 42.0. The third kappa shape index (κ3) is 6.83. The molecule has 7 nitrogen and oxygen atoms in total. The largest absolute Gasteiger partial charge is 0.478 e. The van der Waals surface area contributed by atoms with Crippen LogP contribution in [-0.4, -0.2) is 31.2 Å². The first-order valence-electron chi connectivity index (χ1n) is 12.0. The van der Waals surface area contributed by atoms with E-state index in [-0.39, 0.29) is 55.1 Å². The highest BCUT2D eigenvalue weighted by molar-refractivity contribution is 6.30. The number of rotatable bonds is 10. The summed E-state index contributed by atoms with van der Waals surface area (Å²) in [6.45, 7) is -0.358. The zero-order valence-corrected chi connectivity index (χ0v) is 21.2. The highest BCUT2D eigenvalue weighted by Gasteiger charge is 2.32. The number of benzene rings is 3. The van der Waals surface area contributed by atoms with Crippen LogP contribution in [0.4, 0.5) is 13.2 Å². The second kappa shape index (κ2) is 11.7. The van der Waals surface area contributed by atoms with E-state index in [0.717, 1.165) is 10.7 Å². The number of carbonyl (C=O) groups excluding carboxylic acids is 1. The third-order valence-corrected chi connectivity index (χ3v) is 6.34. The maximum Gasteiger partial charge on any atom is 0.416 e. The van der Waals surface area contributed by atoms with E-state index in [4.69, 9.17) is 11.6 Å². The van der Waals surface area contributed by atoms with E-state index in [9.17, 15) is 32.7 Å². The lowest BCUT2D eigenvalue weighted by molar-refractivity contribution is -0.138. The predicted molar refractivity (Wildman–Crippen MR) is 139 cm³/mol. The molecule has 202 valence electrons. The first-order chi connectivity index (χ1) is 18.5. The molecule has 0 saturated heterocycles. The fraction of sp³-hybridized carbons (Fsp3) is 0.214. The van der Waals surface area contributed by atoms with E-state index in [1.54, 1.807) is 36.4 Å². The topological polar surface area (TPSA) is 94.2 Å². The summed E-state index contributed by atoms with van der Waals surface area (Å²) >= 11 is 5.99. The van der Waals surface area contributed by atoms with Gasteiger partial charge in [0.2, 0.25) is 0 Å². The Labute approximate surface area is 226 Å². The monoisotopic (exact) mass is 557 g/mol. The minimum atomic E-state index is -4.48. The van der Waals surface area contributed by atoms with Crippen molar-refractivity contribution < 1.29 is 27.9 Å². The van der Waals surface area contributed by atoms with Crippen molar-refractivity contribution >= 4 is 23.4 Å². The fourth-order valence-electron chi connectivity index (χ4n) is 4.22. The van der Waals surface area contributed by atoms with E-state index < -0.39 is 23.4 Å². The third-order valence-electron chi connectivity index (χ3n) is 6.09. The lowest BCUT2D eigenvalue weighted by Gasteiger charge is -2.12. The summed E-state index contributed by atoms with van der Waals surface area (Å²) in [4.78, 5) is 37.4. The van der Waals surface area contributed by atoms with Crippen LogP contribution in [-0.2, 0) is 30.5 Å². The number of halogens is 4. The summed E-state index contributed by atoms with van der Waals surface area (Å²) in [6.07, 6.45) is -4.29.